The average molecular weight is 256 g/mol. The molecule has 1 fully saturated rings. The van der Waals surface area contributed by atoms with Crippen LogP contribution in [0.2, 0.25) is 0 Å². The summed E-state index contributed by atoms with van der Waals surface area (Å²) < 4.78 is 6.35. The first-order valence-electron chi connectivity index (χ1n) is 7.67. The second-order valence-corrected chi connectivity index (χ2v) is 6.92. The van der Waals surface area contributed by atoms with Crippen molar-refractivity contribution in [2.24, 2.45) is 17.8 Å². The standard InChI is InChI=1S/C16H32O2/c1-12(2)16(8-6-7-13(3)10-16)18-11-14(4)9-15(5)17/h12-15,17H,6-11H2,1-5H3. The van der Waals surface area contributed by atoms with Crippen molar-refractivity contribution < 1.29 is 9.84 Å². The van der Waals surface area contributed by atoms with Gasteiger partial charge in [0.2, 0.25) is 0 Å². The molecule has 18 heavy (non-hydrogen) atoms. The van der Waals surface area contributed by atoms with E-state index in [9.17, 15) is 5.11 Å². The zero-order valence-electron chi connectivity index (χ0n) is 12.9. The number of aliphatic hydroxyl groups is 1. The Morgan fingerprint density at radius 3 is 2.44 bits per heavy atom. The summed E-state index contributed by atoms with van der Waals surface area (Å²) in [6.07, 6.45) is 5.67. The summed E-state index contributed by atoms with van der Waals surface area (Å²) >= 11 is 0. The molecule has 0 aromatic heterocycles. The van der Waals surface area contributed by atoms with Gasteiger partial charge in [-0.3, -0.25) is 0 Å². The minimum atomic E-state index is -0.219. The van der Waals surface area contributed by atoms with Crippen molar-refractivity contribution in [3.63, 3.8) is 0 Å². The first kappa shape index (κ1) is 16.0. The zero-order chi connectivity index (χ0) is 13.8. The Hall–Kier alpha value is -0.0800. The second kappa shape index (κ2) is 6.91. The molecule has 0 heterocycles. The molecule has 0 aliphatic heterocycles. The molecule has 1 saturated carbocycles. The van der Waals surface area contributed by atoms with Crippen LogP contribution in [-0.2, 0) is 4.74 Å². The van der Waals surface area contributed by atoms with Gasteiger partial charge in [0.25, 0.3) is 0 Å². The lowest BCUT2D eigenvalue weighted by Gasteiger charge is -2.44. The molecule has 0 spiro atoms. The van der Waals surface area contributed by atoms with Gasteiger partial charge in [-0.05, 0) is 43.9 Å². The van der Waals surface area contributed by atoms with Crippen LogP contribution in [0.15, 0.2) is 0 Å². The molecule has 2 nitrogen and oxygen atoms in total. The molecule has 0 radical (unpaired) electrons. The van der Waals surface area contributed by atoms with Crippen LogP contribution < -0.4 is 0 Å². The summed E-state index contributed by atoms with van der Waals surface area (Å²) in [6, 6.07) is 0. The van der Waals surface area contributed by atoms with Gasteiger partial charge in [-0.15, -0.1) is 0 Å². The van der Waals surface area contributed by atoms with E-state index in [0.717, 1.165) is 18.9 Å². The molecule has 0 bridgehead atoms. The van der Waals surface area contributed by atoms with Crippen molar-refractivity contribution in [3.8, 4) is 0 Å². The molecule has 1 N–H and O–H groups in total. The van der Waals surface area contributed by atoms with E-state index in [1.54, 1.807) is 0 Å². The van der Waals surface area contributed by atoms with Crippen LogP contribution in [0.4, 0.5) is 0 Å². The first-order chi connectivity index (χ1) is 8.35. The molecule has 1 aliphatic rings. The Kier molecular flexibility index (Phi) is 6.13. The fourth-order valence-electron chi connectivity index (χ4n) is 3.32. The minimum absolute atomic E-state index is 0.0879. The third-order valence-corrected chi connectivity index (χ3v) is 4.44. The van der Waals surface area contributed by atoms with Gasteiger partial charge in [-0.2, -0.15) is 0 Å². The van der Waals surface area contributed by atoms with Crippen LogP contribution in [0.25, 0.3) is 0 Å². The molecule has 108 valence electrons. The number of rotatable bonds is 6. The molecule has 4 atom stereocenters. The SMILES string of the molecule is CC(O)CC(C)COC1(C(C)C)CCCC(C)C1. The Morgan fingerprint density at radius 2 is 1.94 bits per heavy atom. The van der Waals surface area contributed by atoms with Gasteiger partial charge in [0, 0.05) is 6.61 Å². The van der Waals surface area contributed by atoms with Crippen molar-refractivity contribution in [2.75, 3.05) is 6.61 Å². The number of ether oxygens (including phenoxy) is 1. The summed E-state index contributed by atoms with van der Waals surface area (Å²) in [4.78, 5) is 0. The third-order valence-electron chi connectivity index (χ3n) is 4.44. The van der Waals surface area contributed by atoms with Crippen LogP contribution in [0, 0.1) is 17.8 Å². The van der Waals surface area contributed by atoms with Gasteiger partial charge in [0.15, 0.2) is 0 Å². The van der Waals surface area contributed by atoms with Gasteiger partial charge in [0.1, 0.15) is 0 Å². The van der Waals surface area contributed by atoms with E-state index in [2.05, 4.69) is 27.7 Å². The van der Waals surface area contributed by atoms with Crippen LogP contribution >= 0.6 is 0 Å². The lowest BCUT2D eigenvalue weighted by atomic mass is 9.73. The average Bonchev–Trinajstić information content (AvgIpc) is 2.25. The van der Waals surface area contributed by atoms with Crippen molar-refractivity contribution in [1.29, 1.82) is 0 Å². The van der Waals surface area contributed by atoms with Crippen LogP contribution in [-0.4, -0.2) is 23.4 Å². The maximum Gasteiger partial charge on any atom is 0.0708 e. The Bertz CT molecular complexity index is 237. The molecule has 4 unspecified atom stereocenters. The van der Waals surface area contributed by atoms with Gasteiger partial charge in [-0.1, -0.05) is 40.5 Å². The van der Waals surface area contributed by atoms with E-state index < -0.39 is 0 Å². The number of hydrogen-bond acceptors (Lipinski definition) is 2. The molecule has 0 saturated heterocycles. The Balaban J connectivity index is 2.52. The van der Waals surface area contributed by atoms with E-state index in [-0.39, 0.29) is 11.7 Å². The first-order valence-corrected chi connectivity index (χ1v) is 7.67. The predicted molar refractivity (Wildman–Crippen MR) is 76.6 cm³/mol. The molecule has 0 aromatic carbocycles. The molecule has 0 amide bonds. The van der Waals surface area contributed by atoms with Gasteiger partial charge in [-0.25, -0.2) is 0 Å². The normalized spacial score (nSPS) is 32.5. The van der Waals surface area contributed by atoms with Crippen LogP contribution in [0.3, 0.4) is 0 Å². The fourth-order valence-corrected chi connectivity index (χ4v) is 3.32. The molecule has 0 aromatic rings. The number of hydrogen-bond donors (Lipinski definition) is 1. The van der Waals surface area contributed by atoms with Gasteiger partial charge >= 0.3 is 0 Å². The second-order valence-electron chi connectivity index (χ2n) is 6.92. The lowest BCUT2D eigenvalue weighted by molar-refractivity contribution is -0.122. The molecular weight excluding hydrogens is 224 g/mol. The van der Waals surface area contributed by atoms with Gasteiger partial charge < -0.3 is 9.84 Å². The predicted octanol–water partition coefficient (Wildman–Crippen LogP) is 4.01. The highest BCUT2D eigenvalue weighted by Crippen LogP contribution is 2.40. The quantitative estimate of drug-likeness (QED) is 0.778. The highest BCUT2D eigenvalue weighted by molar-refractivity contribution is 4.89. The molecule has 2 heteroatoms. The van der Waals surface area contributed by atoms with E-state index in [0.29, 0.717) is 11.8 Å². The summed E-state index contributed by atoms with van der Waals surface area (Å²) in [5.41, 5.74) is 0.0879. The fraction of sp³-hybridized carbons (Fsp3) is 1.00. The zero-order valence-corrected chi connectivity index (χ0v) is 12.9. The van der Waals surface area contributed by atoms with Crippen molar-refractivity contribution in [3.05, 3.63) is 0 Å². The lowest BCUT2D eigenvalue weighted by Crippen LogP contribution is -2.43. The topological polar surface area (TPSA) is 29.5 Å². The number of aliphatic hydroxyl groups excluding tert-OH is 1. The highest BCUT2D eigenvalue weighted by atomic mass is 16.5. The largest absolute Gasteiger partial charge is 0.393 e. The molecule has 1 rings (SSSR count). The Morgan fingerprint density at radius 1 is 1.28 bits per heavy atom. The minimum Gasteiger partial charge on any atom is -0.393 e. The van der Waals surface area contributed by atoms with Crippen molar-refractivity contribution in [1.82, 2.24) is 0 Å². The smallest absolute Gasteiger partial charge is 0.0708 e. The van der Waals surface area contributed by atoms with Crippen LogP contribution in [0.1, 0.15) is 66.7 Å². The third kappa shape index (κ3) is 4.55. The van der Waals surface area contributed by atoms with E-state index in [1.165, 1.54) is 25.7 Å². The summed E-state index contributed by atoms with van der Waals surface area (Å²) in [6.45, 7) is 11.7. The maximum absolute atomic E-state index is 9.42. The Labute approximate surface area is 113 Å². The van der Waals surface area contributed by atoms with Crippen LogP contribution in [0.5, 0.6) is 0 Å². The summed E-state index contributed by atoms with van der Waals surface area (Å²) in [5, 5.41) is 9.42. The highest BCUT2D eigenvalue weighted by Gasteiger charge is 2.38. The monoisotopic (exact) mass is 256 g/mol. The van der Waals surface area contributed by atoms with E-state index in [4.69, 9.17) is 4.74 Å². The maximum atomic E-state index is 9.42. The summed E-state index contributed by atoms with van der Waals surface area (Å²) in [7, 11) is 0. The molecular formula is C16H32O2. The van der Waals surface area contributed by atoms with Gasteiger partial charge in [0.05, 0.1) is 11.7 Å². The van der Waals surface area contributed by atoms with Crippen molar-refractivity contribution >= 4 is 0 Å². The van der Waals surface area contributed by atoms with E-state index in [1.807, 2.05) is 6.92 Å². The van der Waals surface area contributed by atoms with Crippen molar-refractivity contribution in [2.45, 2.75) is 78.4 Å². The molecule has 1 aliphatic carbocycles. The van der Waals surface area contributed by atoms with E-state index >= 15 is 0 Å². The summed E-state index contributed by atoms with van der Waals surface area (Å²) in [5.74, 6) is 1.81.